The van der Waals surface area contributed by atoms with Gasteiger partial charge in [0.2, 0.25) is 10.0 Å². The van der Waals surface area contributed by atoms with Gasteiger partial charge >= 0.3 is 0 Å². The standard InChI is InChI=1S/C11H18N2O2S2/c1-3-5-13(6-4-2)17(14,15)11-7-10(8-12)16-9-11/h3,7,9H,1,4-6,8,12H2,2H3. The molecule has 0 aliphatic heterocycles. The number of hydrogen-bond acceptors (Lipinski definition) is 4. The molecule has 0 saturated heterocycles. The van der Waals surface area contributed by atoms with E-state index in [4.69, 9.17) is 5.73 Å². The Hall–Kier alpha value is -0.690. The van der Waals surface area contributed by atoms with Gasteiger partial charge in [0.05, 0.1) is 4.90 Å². The lowest BCUT2D eigenvalue weighted by Gasteiger charge is -2.18. The molecule has 0 aliphatic rings. The van der Waals surface area contributed by atoms with Gasteiger partial charge in [0.15, 0.2) is 0 Å². The fourth-order valence-corrected chi connectivity index (χ4v) is 4.10. The van der Waals surface area contributed by atoms with Crippen molar-refractivity contribution >= 4 is 21.4 Å². The van der Waals surface area contributed by atoms with Crippen LogP contribution in [0.25, 0.3) is 0 Å². The van der Waals surface area contributed by atoms with Gasteiger partial charge in [-0.15, -0.1) is 17.9 Å². The first kappa shape index (κ1) is 14.4. The van der Waals surface area contributed by atoms with Gasteiger partial charge in [0.25, 0.3) is 0 Å². The third kappa shape index (κ3) is 3.38. The maximum absolute atomic E-state index is 12.3. The van der Waals surface area contributed by atoms with Gasteiger partial charge < -0.3 is 5.73 Å². The first-order chi connectivity index (χ1) is 8.06. The van der Waals surface area contributed by atoms with E-state index in [1.54, 1.807) is 17.5 Å². The highest BCUT2D eigenvalue weighted by Gasteiger charge is 2.23. The summed E-state index contributed by atoms with van der Waals surface area (Å²) in [5, 5.41) is 1.64. The maximum Gasteiger partial charge on any atom is 0.244 e. The van der Waals surface area contributed by atoms with E-state index in [0.717, 1.165) is 11.3 Å². The van der Waals surface area contributed by atoms with Gasteiger partial charge in [-0.3, -0.25) is 0 Å². The molecule has 0 bridgehead atoms. The van der Waals surface area contributed by atoms with Gasteiger partial charge in [-0.05, 0) is 12.5 Å². The zero-order valence-corrected chi connectivity index (χ0v) is 11.6. The highest BCUT2D eigenvalue weighted by molar-refractivity contribution is 7.89. The fraction of sp³-hybridized carbons (Fsp3) is 0.455. The molecule has 2 N–H and O–H groups in total. The van der Waals surface area contributed by atoms with Crippen LogP contribution in [0.1, 0.15) is 18.2 Å². The third-order valence-corrected chi connectivity index (χ3v) is 5.23. The summed E-state index contributed by atoms with van der Waals surface area (Å²) >= 11 is 1.37. The molecule has 0 amide bonds. The molecule has 96 valence electrons. The van der Waals surface area contributed by atoms with Crippen LogP contribution in [0.3, 0.4) is 0 Å². The molecule has 0 radical (unpaired) electrons. The molecule has 1 rings (SSSR count). The van der Waals surface area contributed by atoms with E-state index in [1.807, 2.05) is 6.92 Å². The number of rotatable bonds is 7. The van der Waals surface area contributed by atoms with Crippen LogP contribution in [0.15, 0.2) is 29.0 Å². The molecular formula is C11H18N2O2S2. The smallest absolute Gasteiger partial charge is 0.244 e. The second-order valence-electron chi connectivity index (χ2n) is 3.60. The van der Waals surface area contributed by atoms with Crippen molar-refractivity contribution in [3.05, 3.63) is 29.0 Å². The van der Waals surface area contributed by atoms with Crippen molar-refractivity contribution in [1.29, 1.82) is 0 Å². The van der Waals surface area contributed by atoms with E-state index in [2.05, 4.69) is 6.58 Å². The average Bonchev–Trinajstić information content (AvgIpc) is 2.78. The Kier molecular flexibility index (Phi) is 5.32. The predicted molar refractivity (Wildman–Crippen MR) is 71.5 cm³/mol. The quantitative estimate of drug-likeness (QED) is 0.771. The van der Waals surface area contributed by atoms with E-state index in [-0.39, 0.29) is 0 Å². The zero-order chi connectivity index (χ0) is 12.9. The van der Waals surface area contributed by atoms with Crippen LogP contribution < -0.4 is 5.73 Å². The van der Waals surface area contributed by atoms with Gasteiger partial charge in [0, 0.05) is 29.9 Å². The van der Waals surface area contributed by atoms with Crippen molar-refractivity contribution in [3.8, 4) is 0 Å². The molecule has 6 heteroatoms. The van der Waals surface area contributed by atoms with Gasteiger partial charge in [-0.25, -0.2) is 8.42 Å². The first-order valence-electron chi connectivity index (χ1n) is 5.44. The largest absolute Gasteiger partial charge is 0.326 e. The van der Waals surface area contributed by atoms with Crippen molar-refractivity contribution in [2.75, 3.05) is 13.1 Å². The van der Waals surface area contributed by atoms with Gasteiger partial charge in [0.1, 0.15) is 0 Å². The first-order valence-corrected chi connectivity index (χ1v) is 7.76. The summed E-state index contributed by atoms with van der Waals surface area (Å²) < 4.78 is 26.0. The molecule has 1 aromatic rings. The van der Waals surface area contributed by atoms with Crippen molar-refractivity contribution in [2.45, 2.75) is 24.8 Å². The second-order valence-corrected chi connectivity index (χ2v) is 6.54. The number of nitrogens with zero attached hydrogens (tertiary/aromatic N) is 1. The summed E-state index contributed by atoms with van der Waals surface area (Å²) in [5.74, 6) is 0. The highest BCUT2D eigenvalue weighted by Crippen LogP contribution is 2.22. The van der Waals surface area contributed by atoms with Crippen molar-refractivity contribution in [3.63, 3.8) is 0 Å². The molecular weight excluding hydrogens is 256 g/mol. The Bertz CT molecular complexity index is 466. The molecule has 1 heterocycles. The lowest BCUT2D eigenvalue weighted by atomic mass is 10.5. The Morgan fingerprint density at radius 2 is 2.29 bits per heavy atom. The fourth-order valence-electron chi connectivity index (χ4n) is 1.45. The zero-order valence-electron chi connectivity index (χ0n) is 9.93. The minimum absolute atomic E-state index is 0.332. The topological polar surface area (TPSA) is 63.4 Å². The predicted octanol–water partition coefficient (Wildman–Crippen LogP) is 1.79. The monoisotopic (exact) mass is 274 g/mol. The van der Waals surface area contributed by atoms with Crippen LogP contribution in [0.5, 0.6) is 0 Å². The Morgan fingerprint density at radius 3 is 2.76 bits per heavy atom. The summed E-state index contributed by atoms with van der Waals surface area (Å²) in [7, 11) is -3.40. The van der Waals surface area contributed by atoms with Crippen LogP contribution in [0.4, 0.5) is 0 Å². The van der Waals surface area contributed by atoms with Crippen molar-refractivity contribution in [2.24, 2.45) is 5.73 Å². The summed E-state index contributed by atoms with van der Waals surface area (Å²) in [4.78, 5) is 1.21. The second kappa shape index (κ2) is 6.30. The molecule has 0 aromatic carbocycles. The Balaban J connectivity index is 3.02. The lowest BCUT2D eigenvalue weighted by Crippen LogP contribution is -2.31. The minimum Gasteiger partial charge on any atom is -0.326 e. The maximum atomic E-state index is 12.3. The Labute approximate surface area is 107 Å². The molecule has 17 heavy (non-hydrogen) atoms. The molecule has 1 aromatic heterocycles. The summed E-state index contributed by atoms with van der Waals surface area (Å²) in [5.41, 5.74) is 5.49. The molecule has 0 saturated carbocycles. The van der Waals surface area contributed by atoms with E-state index >= 15 is 0 Å². The average molecular weight is 274 g/mol. The SMILES string of the molecule is C=CCN(CCC)S(=O)(=O)c1csc(CN)c1. The van der Waals surface area contributed by atoms with Crippen molar-refractivity contribution < 1.29 is 8.42 Å². The normalized spacial score (nSPS) is 11.9. The van der Waals surface area contributed by atoms with E-state index in [0.29, 0.717) is 24.5 Å². The third-order valence-electron chi connectivity index (χ3n) is 2.27. The van der Waals surface area contributed by atoms with E-state index in [9.17, 15) is 8.42 Å². The lowest BCUT2D eigenvalue weighted by molar-refractivity contribution is 0.441. The summed E-state index contributed by atoms with van der Waals surface area (Å²) in [6.07, 6.45) is 2.38. The van der Waals surface area contributed by atoms with Crippen molar-refractivity contribution in [1.82, 2.24) is 4.31 Å². The highest BCUT2D eigenvalue weighted by atomic mass is 32.2. The van der Waals surface area contributed by atoms with Crippen LogP contribution >= 0.6 is 11.3 Å². The molecule has 0 unspecified atom stereocenters. The van der Waals surface area contributed by atoms with E-state index < -0.39 is 10.0 Å². The molecule has 0 spiro atoms. The number of sulfonamides is 1. The van der Waals surface area contributed by atoms with Crippen LogP contribution in [0, 0.1) is 0 Å². The number of nitrogens with two attached hydrogens (primary N) is 1. The number of thiophene rings is 1. The van der Waals surface area contributed by atoms with Crippen LogP contribution in [0.2, 0.25) is 0 Å². The molecule has 4 nitrogen and oxygen atoms in total. The van der Waals surface area contributed by atoms with Gasteiger partial charge in [-0.1, -0.05) is 13.0 Å². The summed E-state index contributed by atoms with van der Waals surface area (Å²) in [6, 6.07) is 1.64. The molecule has 0 fully saturated rings. The van der Waals surface area contributed by atoms with Crippen LogP contribution in [-0.2, 0) is 16.6 Å². The Morgan fingerprint density at radius 1 is 1.59 bits per heavy atom. The minimum atomic E-state index is -3.40. The van der Waals surface area contributed by atoms with Crippen LogP contribution in [-0.4, -0.2) is 25.8 Å². The molecule has 0 aliphatic carbocycles. The van der Waals surface area contributed by atoms with Gasteiger partial charge in [-0.2, -0.15) is 4.31 Å². The summed E-state index contributed by atoms with van der Waals surface area (Å²) in [6.45, 7) is 6.75. The molecule has 0 atom stereocenters. The van der Waals surface area contributed by atoms with E-state index in [1.165, 1.54) is 15.6 Å². The number of hydrogen-bond donors (Lipinski definition) is 1.